The molecule has 4 nitrogen and oxygen atoms in total. The van der Waals surface area contributed by atoms with E-state index in [1.54, 1.807) is 12.1 Å². The van der Waals surface area contributed by atoms with Crippen molar-refractivity contribution in [1.82, 2.24) is 0 Å². The molecule has 0 radical (unpaired) electrons. The van der Waals surface area contributed by atoms with Crippen molar-refractivity contribution < 1.29 is 13.9 Å². The Labute approximate surface area is 133 Å². The average Bonchev–Trinajstić information content (AvgIpc) is 2.61. The minimum absolute atomic E-state index is 0.0705. The minimum Gasteiger partial charge on any atom is -0.450 e. The molecule has 1 aliphatic rings. The Hall–Kier alpha value is -2.87. The van der Waals surface area contributed by atoms with Crippen LogP contribution in [0.4, 0.5) is 10.1 Å². The fraction of sp³-hybridized carbons (Fsp3) is 0.222. The van der Waals surface area contributed by atoms with Crippen LogP contribution in [0, 0.1) is 11.3 Å². The van der Waals surface area contributed by atoms with Crippen LogP contribution >= 0.6 is 0 Å². The fourth-order valence-electron chi connectivity index (χ4n) is 2.71. The molecule has 1 atom stereocenters. The molecule has 1 unspecified atom stereocenters. The van der Waals surface area contributed by atoms with Crippen LogP contribution in [0.25, 0.3) is 0 Å². The molecule has 5 heteroatoms. The zero-order chi connectivity index (χ0) is 16.2. The Morgan fingerprint density at radius 2 is 1.96 bits per heavy atom. The molecule has 0 aromatic heterocycles. The van der Waals surface area contributed by atoms with Gasteiger partial charge in [0.05, 0.1) is 5.56 Å². The average molecular weight is 310 g/mol. The van der Waals surface area contributed by atoms with Crippen molar-refractivity contribution in [2.45, 2.75) is 19.2 Å². The number of para-hydroxylation sites is 2. The van der Waals surface area contributed by atoms with Crippen LogP contribution in [0.15, 0.2) is 48.5 Å². The second-order valence-corrected chi connectivity index (χ2v) is 5.26. The summed E-state index contributed by atoms with van der Waals surface area (Å²) in [6.45, 7) is 0.458. The standard InChI is InChI=1S/C18H15FN2O2/c19-17(23-16-10-4-2-7-14(16)12-20)18(22)21-11-5-8-13-6-1-3-9-15(13)21/h1-4,6-7,9-10,17H,5,8,11H2. The summed E-state index contributed by atoms with van der Waals surface area (Å²) in [5, 5.41) is 9.00. The number of alkyl halides is 1. The van der Waals surface area contributed by atoms with E-state index in [1.165, 1.54) is 17.0 Å². The highest BCUT2D eigenvalue weighted by molar-refractivity contribution is 5.97. The van der Waals surface area contributed by atoms with Crippen molar-refractivity contribution in [3.8, 4) is 11.8 Å². The molecule has 0 bridgehead atoms. The van der Waals surface area contributed by atoms with Crippen LogP contribution in [0.5, 0.6) is 5.75 Å². The number of fused-ring (bicyclic) bond motifs is 1. The van der Waals surface area contributed by atoms with Crippen LogP contribution in [0.1, 0.15) is 17.5 Å². The topological polar surface area (TPSA) is 53.3 Å². The van der Waals surface area contributed by atoms with Gasteiger partial charge in [-0.15, -0.1) is 0 Å². The van der Waals surface area contributed by atoms with Crippen LogP contribution in [0.2, 0.25) is 0 Å². The number of hydrogen-bond donors (Lipinski definition) is 0. The third kappa shape index (κ3) is 3.02. The van der Waals surface area contributed by atoms with Gasteiger partial charge in [-0.2, -0.15) is 9.65 Å². The lowest BCUT2D eigenvalue weighted by Crippen LogP contribution is -2.42. The van der Waals surface area contributed by atoms with E-state index in [4.69, 9.17) is 10.00 Å². The highest BCUT2D eigenvalue weighted by Crippen LogP contribution is 2.28. The van der Waals surface area contributed by atoms with Crippen molar-refractivity contribution in [3.05, 3.63) is 59.7 Å². The van der Waals surface area contributed by atoms with Gasteiger partial charge in [0.25, 0.3) is 0 Å². The number of anilines is 1. The van der Waals surface area contributed by atoms with Gasteiger partial charge in [0.1, 0.15) is 11.8 Å². The Bertz CT molecular complexity index is 770. The summed E-state index contributed by atoms with van der Waals surface area (Å²) in [5.41, 5.74) is 1.95. The number of ether oxygens (including phenoxy) is 1. The van der Waals surface area contributed by atoms with Crippen LogP contribution < -0.4 is 9.64 Å². The predicted molar refractivity (Wildman–Crippen MR) is 83.8 cm³/mol. The Balaban J connectivity index is 1.80. The predicted octanol–water partition coefficient (Wildman–Crippen LogP) is 3.21. The molecule has 1 heterocycles. The third-order valence-electron chi connectivity index (χ3n) is 3.81. The Kier molecular flexibility index (Phi) is 4.24. The van der Waals surface area contributed by atoms with E-state index in [0.717, 1.165) is 24.1 Å². The number of benzene rings is 2. The summed E-state index contributed by atoms with van der Waals surface area (Å²) in [6, 6.07) is 15.7. The number of amides is 1. The number of aryl methyl sites for hydroxylation is 1. The first kappa shape index (κ1) is 15.0. The van der Waals surface area contributed by atoms with Gasteiger partial charge in [-0.25, -0.2) is 0 Å². The summed E-state index contributed by atoms with van der Waals surface area (Å²) in [7, 11) is 0. The number of rotatable bonds is 3. The Morgan fingerprint density at radius 3 is 2.78 bits per heavy atom. The molecule has 0 spiro atoms. The summed E-state index contributed by atoms with van der Waals surface area (Å²) < 4.78 is 19.4. The van der Waals surface area contributed by atoms with Crippen LogP contribution in [0.3, 0.4) is 0 Å². The zero-order valence-corrected chi connectivity index (χ0v) is 12.4. The first-order valence-electron chi connectivity index (χ1n) is 7.40. The smallest absolute Gasteiger partial charge is 0.317 e. The number of carbonyl (C=O) groups is 1. The van der Waals surface area contributed by atoms with E-state index in [9.17, 15) is 9.18 Å². The number of nitrogens with zero attached hydrogens (tertiary/aromatic N) is 2. The molecule has 0 fully saturated rings. The van der Waals surface area contributed by atoms with Gasteiger partial charge in [0.15, 0.2) is 0 Å². The molecule has 2 aromatic rings. The summed E-state index contributed by atoms with van der Waals surface area (Å²) in [4.78, 5) is 13.8. The molecule has 1 amide bonds. The van der Waals surface area contributed by atoms with E-state index in [-0.39, 0.29) is 11.3 Å². The normalized spacial score (nSPS) is 14.5. The molecule has 0 aliphatic carbocycles. The molecule has 116 valence electrons. The van der Waals surface area contributed by atoms with Crippen molar-refractivity contribution in [1.29, 1.82) is 5.26 Å². The minimum atomic E-state index is -2.14. The van der Waals surface area contributed by atoms with Gasteiger partial charge in [-0.3, -0.25) is 4.79 Å². The first-order chi connectivity index (χ1) is 11.2. The molecule has 2 aromatic carbocycles. The summed E-state index contributed by atoms with van der Waals surface area (Å²) in [5.74, 6) is -0.675. The van der Waals surface area contributed by atoms with Crippen molar-refractivity contribution in [3.63, 3.8) is 0 Å². The second kappa shape index (κ2) is 6.49. The lowest BCUT2D eigenvalue weighted by atomic mass is 10.0. The maximum absolute atomic E-state index is 14.4. The molecular formula is C18H15FN2O2. The van der Waals surface area contributed by atoms with E-state index < -0.39 is 12.3 Å². The van der Waals surface area contributed by atoms with Gasteiger partial charge in [-0.1, -0.05) is 30.3 Å². The maximum Gasteiger partial charge on any atom is 0.317 e. The highest BCUT2D eigenvalue weighted by atomic mass is 19.1. The van der Waals surface area contributed by atoms with Crippen molar-refractivity contribution in [2.24, 2.45) is 0 Å². The lowest BCUT2D eigenvalue weighted by Gasteiger charge is -2.30. The van der Waals surface area contributed by atoms with Gasteiger partial charge in [0, 0.05) is 12.2 Å². The lowest BCUT2D eigenvalue weighted by molar-refractivity contribution is -0.132. The molecule has 3 rings (SSSR count). The monoisotopic (exact) mass is 310 g/mol. The summed E-state index contributed by atoms with van der Waals surface area (Å²) >= 11 is 0. The van der Waals surface area contributed by atoms with Gasteiger partial charge in [-0.05, 0) is 36.6 Å². The Morgan fingerprint density at radius 1 is 1.22 bits per heavy atom. The van der Waals surface area contributed by atoms with Gasteiger partial charge < -0.3 is 9.64 Å². The van der Waals surface area contributed by atoms with E-state index in [1.807, 2.05) is 30.3 Å². The zero-order valence-electron chi connectivity index (χ0n) is 12.4. The third-order valence-corrected chi connectivity index (χ3v) is 3.81. The molecule has 0 saturated carbocycles. The van der Waals surface area contributed by atoms with E-state index in [0.29, 0.717) is 6.54 Å². The van der Waals surface area contributed by atoms with Gasteiger partial charge >= 0.3 is 12.3 Å². The van der Waals surface area contributed by atoms with Gasteiger partial charge in [0.2, 0.25) is 0 Å². The quantitative estimate of drug-likeness (QED) is 0.874. The molecule has 0 saturated heterocycles. The molecular weight excluding hydrogens is 295 g/mol. The van der Waals surface area contributed by atoms with Crippen LogP contribution in [-0.2, 0) is 11.2 Å². The fourth-order valence-corrected chi connectivity index (χ4v) is 2.71. The van der Waals surface area contributed by atoms with E-state index in [2.05, 4.69) is 0 Å². The number of hydrogen-bond acceptors (Lipinski definition) is 3. The van der Waals surface area contributed by atoms with Crippen LogP contribution in [-0.4, -0.2) is 18.8 Å². The summed E-state index contributed by atoms with van der Waals surface area (Å²) in [6.07, 6.45) is -0.491. The molecule has 0 N–H and O–H groups in total. The maximum atomic E-state index is 14.4. The highest BCUT2D eigenvalue weighted by Gasteiger charge is 2.30. The molecule has 23 heavy (non-hydrogen) atoms. The number of nitriles is 1. The van der Waals surface area contributed by atoms with E-state index >= 15 is 0 Å². The largest absolute Gasteiger partial charge is 0.450 e. The number of halogens is 1. The SMILES string of the molecule is N#Cc1ccccc1OC(F)C(=O)N1CCCc2ccccc21. The van der Waals surface area contributed by atoms with Crippen molar-refractivity contribution >= 4 is 11.6 Å². The second-order valence-electron chi connectivity index (χ2n) is 5.26. The first-order valence-corrected chi connectivity index (χ1v) is 7.40. The number of carbonyl (C=O) groups excluding carboxylic acids is 1. The van der Waals surface area contributed by atoms with Crippen molar-refractivity contribution in [2.75, 3.05) is 11.4 Å². The molecule has 1 aliphatic heterocycles.